The highest BCUT2D eigenvalue weighted by Crippen LogP contribution is 2.31. The summed E-state index contributed by atoms with van der Waals surface area (Å²) in [5, 5.41) is 2.19. The Bertz CT molecular complexity index is 1110. The van der Waals surface area contributed by atoms with E-state index in [9.17, 15) is 18.0 Å². The Kier molecular flexibility index (Phi) is 7.17. The van der Waals surface area contributed by atoms with Crippen LogP contribution in [0.4, 0.5) is 5.69 Å². The largest absolute Gasteiger partial charge is 0.326 e. The number of nitrogens with one attached hydrogen (secondary N) is 1. The summed E-state index contributed by atoms with van der Waals surface area (Å²) in [5.41, 5.74) is 2.62. The third kappa shape index (κ3) is 5.34. The van der Waals surface area contributed by atoms with Crippen LogP contribution in [0.2, 0.25) is 0 Å². The summed E-state index contributed by atoms with van der Waals surface area (Å²) in [7, 11) is -3.97. The number of amides is 2. The van der Waals surface area contributed by atoms with Crippen LogP contribution in [0, 0.1) is 6.92 Å². The Labute approximate surface area is 187 Å². The van der Waals surface area contributed by atoms with Crippen molar-refractivity contribution in [2.24, 2.45) is 4.40 Å². The summed E-state index contributed by atoms with van der Waals surface area (Å²) in [6.07, 6.45) is 0.730. The molecular formula is C22H25N3O4S2. The van der Waals surface area contributed by atoms with E-state index in [1.54, 1.807) is 25.1 Å². The van der Waals surface area contributed by atoms with Crippen LogP contribution in [-0.2, 0) is 26.0 Å². The number of carbonyl (C=O) groups is 2. The summed E-state index contributed by atoms with van der Waals surface area (Å²) in [6, 6.07) is 13.9. The topological polar surface area (TPSA) is 95.9 Å². The predicted molar refractivity (Wildman–Crippen MR) is 124 cm³/mol. The number of benzene rings is 2. The Morgan fingerprint density at radius 2 is 1.81 bits per heavy atom. The number of hydrogen-bond donors (Lipinski definition) is 1. The lowest BCUT2D eigenvalue weighted by Crippen LogP contribution is -2.33. The van der Waals surface area contributed by atoms with Crippen LogP contribution < -0.4 is 5.32 Å². The van der Waals surface area contributed by atoms with E-state index in [1.807, 2.05) is 32.0 Å². The van der Waals surface area contributed by atoms with E-state index in [0.29, 0.717) is 5.69 Å². The van der Waals surface area contributed by atoms with Gasteiger partial charge in [0.05, 0.1) is 4.90 Å². The zero-order valence-electron chi connectivity index (χ0n) is 17.7. The van der Waals surface area contributed by atoms with Crippen LogP contribution in [0.15, 0.2) is 57.8 Å². The van der Waals surface area contributed by atoms with Crippen molar-refractivity contribution in [3.05, 3.63) is 59.7 Å². The average Bonchev–Trinajstić information content (AvgIpc) is 3.03. The first kappa shape index (κ1) is 23.0. The third-order valence-electron chi connectivity index (χ3n) is 4.95. The van der Waals surface area contributed by atoms with Crippen LogP contribution in [0.5, 0.6) is 0 Å². The van der Waals surface area contributed by atoms with Gasteiger partial charge < -0.3 is 5.32 Å². The molecule has 1 atom stereocenters. The van der Waals surface area contributed by atoms with Gasteiger partial charge in [-0.1, -0.05) is 49.0 Å². The number of hydrogen-bond acceptors (Lipinski definition) is 5. The molecule has 2 aromatic carbocycles. The van der Waals surface area contributed by atoms with Gasteiger partial charge in [-0.25, -0.2) is 0 Å². The van der Waals surface area contributed by atoms with Gasteiger partial charge in [0.15, 0.2) is 5.17 Å². The van der Waals surface area contributed by atoms with E-state index < -0.39 is 15.3 Å². The summed E-state index contributed by atoms with van der Waals surface area (Å²) < 4.78 is 29.4. The van der Waals surface area contributed by atoms with Crippen molar-refractivity contribution < 1.29 is 18.0 Å². The number of sulfonamides is 1. The summed E-state index contributed by atoms with van der Waals surface area (Å²) in [4.78, 5) is 26.6. The molecule has 2 aromatic rings. The van der Waals surface area contributed by atoms with E-state index in [0.717, 1.165) is 29.3 Å². The smallest absolute Gasteiger partial charge is 0.284 e. The molecule has 1 aliphatic heterocycles. The maximum absolute atomic E-state index is 12.8. The highest BCUT2D eigenvalue weighted by Gasteiger charge is 2.39. The molecule has 0 aliphatic carbocycles. The number of carbonyl (C=O) groups excluding carboxylic acids is 2. The molecule has 1 N–H and O–H groups in total. The van der Waals surface area contributed by atoms with Crippen molar-refractivity contribution in [3.8, 4) is 0 Å². The molecule has 1 saturated heterocycles. The number of anilines is 1. The van der Waals surface area contributed by atoms with Crippen LogP contribution in [0.3, 0.4) is 0 Å². The third-order valence-corrected chi connectivity index (χ3v) is 7.53. The van der Waals surface area contributed by atoms with E-state index in [-0.39, 0.29) is 34.8 Å². The number of amidine groups is 1. The molecule has 3 rings (SSSR count). The molecule has 1 fully saturated rings. The number of para-hydroxylation sites is 1. The zero-order chi connectivity index (χ0) is 22.6. The van der Waals surface area contributed by atoms with Gasteiger partial charge in [0, 0.05) is 18.7 Å². The summed E-state index contributed by atoms with van der Waals surface area (Å²) in [6.45, 7) is 5.88. The zero-order valence-corrected chi connectivity index (χ0v) is 19.3. The van der Waals surface area contributed by atoms with E-state index >= 15 is 0 Å². The molecule has 0 spiro atoms. The second kappa shape index (κ2) is 9.65. The first-order valence-electron chi connectivity index (χ1n) is 10.0. The first-order valence-corrected chi connectivity index (χ1v) is 12.3. The molecule has 7 nitrogen and oxygen atoms in total. The van der Waals surface area contributed by atoms with E-state index in [1.165, 1.54) is 17.0 Å². The van der Waals surface area contributed by atoms with Crippen LogP contribution in [0.1, 0.15) is 31.4 Å². The quantitative estimate of drug-likeness (QED) is 0.683. The lowest BCUT2D eigenvalue weighted by Gasteiger charge is -2.13. The average molecular weight is 460 g/mol. The molecule has 1 unspecified atom stereocenters. The minimum absolute atomic E-state index is 0.0708. The number of rotatable bonds is 7. The molecule has 1 aliphatic rings. The maximum atomic E-state index is 12.8. The summed E-state index contributed by atoms with van der Waals surface area (Å²) >= 11 is 1.01. The highest BCUT2D eigenvalue weighted by molar-refractivity contribution is 8.16. The van der Waals surface area contributed by atoms with Gasteiger partial charge in [0.25, 0.3) is 10.0 Å². The minimum Gasteiger partial charge on any atom is -0.326 e. The van der Waals surface area contributed by atoms with Crippen molar-refractivity contribution in [2.45, 2.75) is 43.8 Å². The van der Waals surface area contributed by atoms with Gasteiger partial charge in [-0.05, 0) is 49.6 Å². The van der Waals surface area contributed by atoms with Crippen LogP contribution in [-0.4, -0.2) is 42.1 Å². The van der Waals surface area contributed by atoms with E-state index in [2.05, 4.69) is 9.71 Å². The van der Waals surface area contributed by atoms with Crippen molar-refractivity contribution in [2.75, 3.05) is 11.9 Å². The molecule has 31 heavy (non-hydrogen) atoms. The highest BCUT2D eigenvalue weighted by atomic mass is 32.2. The van der Waals surface area contributed by atoms with Crippen molar-refractivity contribution in [1.29, 1.82) is 0 Å². The summed E-state index contributed by atoms with van der Waals surface area (Å²) in [5.74, 6) is -0.627. The van der Waals surface area contributed by atoms with Gasteiger partial charge in [0.2, 0.25) is 11.8 Å². The second-order valence-corrected chi connectivity index (χ2v) is 9.88. The lowest BCUT2D eigenvalue weighted by atomic mass is 10.2. The molecule has 0 radical (unpaired) electrons. The molecule has 0 aromatic heterocycles. The van der Waals surface area contributed by atoms with Gasteiger partial charge in [-0.3, -0.25) is 14.5 Å². The Hall–Kier alpha value is -2.65. The molecule has 9 heteroatoms. The Morgan fingerprint density at radius 3 is 2.42 bits per heavy atom. The first-order chi connectivity index (χ1) is 14.7. The fourth-order valence-electron chi connectivity index (χ4n) is 3.14. The van der Waals surface area contributed by atoms with Crippen molar-refractivity contribution in [3.63, 3.8) is 0 Å². The number of thioether (sulfide) groups is 1. The fourth-order valence-corrected chi connectivity index (χ4v) is 5.56. The lowest BCUT2D eigenvalue weighted by molar-refractivity contribution is -0.128. The standard InChI is InChI=1S/C22H25N3O4S2/c1-4-16-10-12-17(13-11-16)31(28,29)24-22-25(5-2)21(27)19(30-22)14-20(26)23-18-9-7-6-8-15(18)3/h6-13,19H,4-5,14H2,1-3H3,(H,23,26). The predicted octanol–water partition coefficient (Wildman–Crippen LogP) is 3.59. The minimum atomic E-state index is -3.97. The molecule has 0 saturated carbocycles. The van der Waals surface area contributed by atoms with Crippen LogP contribution in [0.25, 0.3) is 0 Å². The van der Waals surface area contributed by atoms with E-state index in [4.69, 9.17) is 0 Å². The molecule has 2 amide bonds. The Morgan fingerprint density at radius 1 is 1.13 bits per heavy atom. The van der Waals surface area contributed by atoms with Crippen LogP contribution >= 0.6 is 11.8 Å². The van der Waals surface area contributed by atoms with Gasteiger partial charge in [-0.15, -0.1) is 4.40 Å². The molecular weight excluding hydrogens is 434 g/mol. The number of aryl methyl sites for hydroxylation is 2. The van der Waals surface area contributed by atoms with Crippen molar-refractivity contribution in [1.82, 2.24) is 4.90 Å². The molecule has 164 valence electrons. The number of nitrogens with zero attached hydrogens (tertiary/aromatic N) is 2. The normalized spacial score (nSPS) is 17.9. The van der Waals surface area contributed by atoms with Crippen molar-refractivity contribution >= 4 is 44.5 Å². The van der Waals surface area contributed by atoms with Gasteiger partial charge in [-0.2, -0.15) is 8.42 Å². The monoisotopic (exact) mass is 459 g/mol. The fraction of sp³-hybridized carbons (Fsp3) is 0.318. The SMILES string of the molecule is CCc1ccc(S(=O)(=O)N=C2SC(CC(=O)Nc3ccccc3C)C(=O)N2CC)cc1. The van der Waals surface area contributed by atoms with Gasteiger partial charge >= 0.3 is 0 Å². The Balaban J connectivity index is 1.77. The molecule has 1 heterocycles. The van der Waals surface area contributed by atoms with Gasteiger partial charge in [0.1, 0.15) is 5.25 Å². The maximum Gasteiger partial charge on any atom is 0.284 e. The molecule has 0 bridgehead atoms. The second-order valence-electron chi connectivity index (χ2n) is 7.10.